The van der Waals surface area contributed by atoms with Crippen LogP contribution in [0.3, 0.4) is 0 Å². The molecule has 1 aromatic rings. The fraction of sp³-hybridized carbons (Fsp3) is 0.429. The van der Waals surface area contributed by atoms with Gasteiger partial charge in [0.05, 0.1) is 19.6 Å². The van der Waals surface area contributed by atoms with Gasteiger partial charge in [0.15, 0.2) is 4.84 Å². The molecule has 0 N–H and O–H groups in total. The summed E-state index contributed by atoms with van der Waals surface area (Å²) in [7, 11) is 1.61. The summed E-state index contributed by atoms with van der Waals surface area (Å²) in [5, 5.41) is 8.61. The molecule has 0 atom stereocenters. The second-order valence-electron chi connectivity index (χ2n) is 4.13. The Morgan fingerprint density at radius 1 is 1.35 bits per heavy atom. The van der Waals surface area contributed by atoms with Crippen molar-refractivity contribution in [2.24, 2.45) is 0 Å². The lowest BCUT2D eigenvalue weighted by Crippen LogP contribution is -2.37. The number of halogens is 2. The fourth-order valence-corrected chi connectivity index (χ4v) is 1.99. The number of amides is 1. The second kappa shape index (κ2) is 8.68. The van der Waals surface area contributed by atoms with Crippen LogP contribution in [0.5, 0.6) is 5.75 Å². The standard InChI is InChI=1S/C14H16Cl2N2O2/c1-20-12-5-3-11(4-6-12)7-10-18(9-2-8-17)14(19)13(15)16/h3-6,13H,2,7,9-10H2,1H3. The molecule has 0 aliphatic rings. The summed E-state index contributed by atoms with van der Waals surface area (Å²) in [5.41, 5.74) is 1.07. The Morgan fingerprint density at radius 2 is 2.00 bits per heavy atom. The van der Waals surface area contributed by atoms with Gasteiger partial charge in [0.2, 0.25) is 0 Å². The molecule has 1 amide bonds. The first-order chi connectivity index (χ1) is 9.58. The highest BCUT2D eigenvalue weighted by atomic mass is 35.5. The zero-order valence-corrected chi connectivity index (χ0v) is 12.7. The normalized spacial score (nSPS) is 10.2. The van der Waals surface area contributed by atoms with Crippen LogP contribution < -0.4 is 4.74 Å². The number of benzene rings is 1. The highest BCUT2D eigenvalue weighted by molar-refractivity contribution is 6.53. The summed E-state index contributed by atoms with van der Waals surface area (Å²) in [5.74, 6) is 0.421. The van der Waals surface area contributed by atoms with Gasteiger partial charge in [-0.05, 0) is 24.1 Å². The Morgan fingerprint density at radius 3 is 2.50 bits per heavy atom. The molecular formula is C14H16Cl2N2O2. The number of alkyl halides is 2. The first kappa shape index (κ1) is 16.6. The van der Waals surface area contributed by atoms with E-state index in [0.717, 1.165) is 11.3 Å². The Balaban J connectivity index is 2.60. The van der Waals surface area contributed by atoms with E-state index in [1.807, 2.05) is 30.3 Å². The van der Waals surface area contributed by atoms with Crippen LogP contribution in [0.4, 0.5) is 0 Å². The van der Waals surface area contributed by atoms with Crippen molar-refractivity contribution in [3.05, 3.63) is 29.8 Å². The lowest BCUT2D eigenvalue weighted by Gasteiger charge is -2.22. The largest absolute Gasteiger partial charge is 0.497 e. The molecular weight excluding hydrogens is 299 g/mol. The van der Waals surface area contributed by atoms with Crippen LogP contribution in [0, 0.1) is 11.3 Å². The zero-order chi connectivity index (χ0) is 15.0. The van der Waals surface area contributed by atoms with E-state index < -0.39 is 4.84 Å². The molecule has 0 aliphatic heterocycles. The van der Waals surface area contributed by atoms with Crippen molar-refractivity contribution < 1.29 is 9.53 Å². The molecule has 0 aliphatic carbocycles. The maximum atomic E-state index is 11.8. The SMILES string of the molecule is COc1ccc(CCN(CCC#N)C(=O)C(Cl)Cl)cc1. The highest BCUT2D eigenvalue weighted by Gasteiger charge is 2.19. The lowest BCUT2D eigenvalue weighted by atomic mass is 10.1. The van der Waals surface area contributed by atoms with Gasteiger partial charge in [-0.1, -0.05) is 35.3 Å². The summed E-state index contributed by atoms with van der Waals surface area (Å²) in [6, 6.07) is 9.61. The zero-order valence-electron chi connectivity index (χ0n) is 11.2. The minimum absolute atomic E-state index is 0.259. The second-order valence-corrected chi connectivity index (χ2v) is 5.23. The number of methoxy groups -OCH3 is 1. The topological polar surface area (TPSA) is 53.3 Å². The predicted octanol–water partition coefficient (Wildman–Crippen LogP) is 2.78. The van der Waals surface area contributed by atoms with Gasteiger partial charge in [-0.25, -0.2) is 0 Å². The van der Waals surface area contributed by atoms with Crippen molar-refractivity contribution in [2.75, 3.05) is 20.2 Å². The molecule has 0 saturated carbocycles. The Labute approximate surface area is 128 Å². The number of hydrogen-bond donors (Lipinski definition) is 0. The minimum atomic E-state index is -1.09. The molecule has 0 aromatic heterocycles. The van der Waals surface area contributed by atoms with Gasteiger partial charge in [0.1, 0.15) is 5.75 Å². The molecule has 4 nitrogen and oxygen atoms in total. The van der Waals surface area contributed by atoms with Gasteiger partial charge < -0.3 is 9.64 Å². The lowest BCUT2D eigenvalue weighted by molar-refractivity contribution is -0.129. The number of carbonyl (C=O) groups is 1. The van der Waals surface area contributed by atoms with Crippen LogP contribution in [-0.2, 0) is 11.2 Å². The molecule has 20 heavy (non-hydrogen) atoms. The molecule has 0 bridgehead atoms. The van der Waals surface area contributed by atoms with E-state index in [2.05, 4.69) is 0 Å². The van der Waals surface area contributed by atoms with E-state index in [1.54, 1.807) is 7.11 Å². The van der Waals surface area contributed by atoms with Crippen molar-refractivity contribution >= 4 is 29.1 Å². The van der Waals surface area contributed by atoms with Gasteiger partial charge in [0.25, 0.3) is 5.91 Å². The third-order valence-corrected chi connectivity index (χ3v) is 3.19. The molecule has 0 radical (unpaired) electrons. The molecule has 0 fully saturated rings. The number of nitriles is 1. The van der Waals surface area contributed by atoms with Crippen LogP contribution in [0.2, 0.25) is 0 Å². The molecule has 0 unspecified atom stereocenters. The number of carbonyl (C=O) groups excluding carboxylic acids is 1. The monoisotopic (exact) mass is 314 g/mol. The van der Waals surface area contributed by atoms with E-state index in [0.29, 0.717) is 19.5 Å². The maximum Gasteiger partial charge on any atom is 0.255 e. The van der Waals surface area contributed by atoms with E-state index in [9.17, 15) is 4.79 Å². The molecule has 1 rings (SSSR count). The quantitative estimate of drug-likeness (QED) is 0.727. The van der Waals surface area contributed by atoms with E-state index >= 15 is 0 Å². The first-order valence-corrected chi connectivity index (χ1v) is 7.02. The van der Waals surface area contributed by atoms with Crippen molar-refractivity contribution in [2.45, 2.75) is 17.7 Å². The van der Waals surface area contributed by atoms with Crippen LogP contribution >= 0.6 is 23.2 Å². The smallest absolute Gasteiger partial charge is 0.255 e. The third-order valence-electron chi connectivity index (χ3n) is 2.82. The summed E-state index contributed by atoms with van der Waals surface area (Å²) < 4.78 is 5.08. The molecule has 1 aromatic carbocycles. The average Bonchev–Trinajstić information content (AvgIpc) is 2.47. The Kier molecular flexibility index (Phi) is 7.21. The molecule has 0 spiro atoms. The van der Waals surface area contributed by atoms with Crippen molar-refractivity contribution in [3.8, 4) is 11.8 Å². The van der Waals surface area contributed by atoms with Crippen LogP contribution in [-0.4, -0.2) is 35.8 Å². The minimum Gasteiger partial charge on any atom is -0.497 e. The molecule has 6 heteroatoms. The molecule has 108 valence electrons. The van der Waals surface area contributed by atoms with Crippen molar-refractivity contribution in [1.82, 2.24) is 4.90 Å². The first-order valence-electron chi connectivity index (χ1n) is 6.15. The van der Waals surface area contributed by atoms with E-state index in [4.69, 9.17) is 33.2 Å². The predicted molar refractivity (Wildman–Crippen MR) is 79.0 cm³/mol. The average molecular weight is 315 g/mol. The number of rotatable bonds is 7. The van der Waals surface area contributed by atoms with E-state index in [-0.39, 0.29) is 12.3 Å². The van der Waals surface area contributed by atoms with E-state index in [1.165, 1.54) is 4.90 Å². The molecule has 0 heterocycles. The van der Waals surface area contributed by atoms with Crippen molar-refractivity contribution in [3.63, 3.8) is 0 Å². The Hall–Kier alpha value is -1.44. The number of nitrogens with zero attached hydrogens (tertiary/aromatic N) is 2. The van der Waals surface area contributed by atoms with Gasteiger partial charge >= 0.3 is 0 Å². The van der Waals surface area contributed by atoms with Gasteiger partial charge in [0, 0.05) is 13.1 Å². The van der Waals surface area contributed by atoms with Gasteiger partial charge in [-0.15, -0.1) is 0 Å². The summed E-state index contributed by atoms with van der Waals surface area (Å²) in [4.78, 5) is 12.2. The van der Waals surface area contributed by atoms with Crippen LogP contribution in [0.15, 0.2) is 24.3 Å². The number of hydrogen-bond acceptors (Lipinski definition) is 3. The maximum absolute atomic E-state index is 11.8. The Bertz CT molecular complexity index is 469. The van der Waals surface area contributed by atoms with Crippen molar-refractivity contribution in [1.29, 1.82) is 5.26 Å². The summed E-state index contributed by atoms with van der Waals surface area (Å²) in [6.07, 6.45) is 0.927. The highest BCUT2D eigenvalue weighted by Crippen LogP contribution is 2.13. The number of ether oxygens (including phenoxy) is 1. The fourth-order valence-electron chi connectivity index (χ4n) is 1.71. The third kappa shape index (κ3) is 5.28. The van der Waals surface area contributed by atoms with Gasteiger partial charge in [-0.2, -0.15) is 5.26 Å². The molecule has 0 saturated heterocycles. The van der Waals surface area contributed by atoms with Gasteiger partial charge in [-0.3, -0.25) is 4.79 Å². The summed E-state index contributed by atoms with van der Waals surface area (Å²) in [6.45, 7) is 0.810. The summed E-state index contributed by atoms with van der Waals surface area (Å²) >= 11 is 11.2. The van der Waals surface area contributed by atoms with Crippen LogP contribution in [0.25, 0.3) is 0 Å². The van der Waals surface area contributed by atoms with Crippen LogP contribution in [0.1, 0.15) is 12.0 Å².